The number of fused-ring (bicyclic) bond motifs is 1. The monoisotopic (exact) mass is 552 g/mol. The van der Waals surface area contributed by atoms with E-state index in [0.29, 0.717) is 17.7 Å². The molecule has 2 atom stereocenters. The van der Waals surface area contributed by atoms with Crippen molar-refractivity contribution in [2.75, 3.05) is 11.1 Å². The van der Waals surface area contributed by atoms with E-state index in [4.69, 9.17) is 10.5 Å². The van der Waals surface area contributed by atoms with Crippen LogP contribution in [0.2, 0.25) is 0 Å². The number of carbonyl (C=O) groups is 2. The second-order valence-corrected chi connectivity index (χ2v) is 9.29. The summed E-state index contributed by atoms with van der Waals surface area (Å²) < 4.78 is 46.6. The van der Waals surface area contributed by atoms with Gasteiger partial charge >= 0.3 is 12.3 Å². The number of ether oxygens (including phenoxy) is 1. The first-order chi connectivity index (χ1) is 19.0. The van der Waals surface area contributed by atoms with Gasteiger partial charge in [-0.05, 0) is 50.1 Å². The van der Waals surface area contributed by atoms with Crippen LogP contribution in [0.25, 0.3) is 22.2 Å². The molecule has 1 aliphatic heterocycles. The number of hydrogen-bond donors (Lipinski definition) is 3. The Morgan fingerprint density at radius 3 is 2.65 bits per heavy atom. The zero-order valence-electron chi connectivity index (χ0n) is 21.0. The maximum atomic E-state index is 13.6. The molecule has 4 N–H and O–H groups in total. The highest BCUT2D eigenvalue weighted by molar-refractivity contribution is 6.00. The van der Waals surface area contributed by atoms with Gasteiger partial charge in [-0.1, -0.05) is 18.2 Å². The quantitative estimate of drug-likeness (QED) is 0.292. The minimum Gasteiger partial charge on any atom is -0.465 e. The number of carboxylic acid groups (broad SMARTS) is 1. The number of anilines is 2. The molecular formula is C27H23F3N6O4. The van der Waals surface area contributed by atoms with Crippen molar-refractivity contribution < 1.29 is 32.6 Å². The fourth-order valence-electron chi connectivity index (χ4n) is 4.70. The van der Waals surface area contributed by atoms with Crippen molar-refractivity contribution >= 4 is 34.4 Å². The zero-order chi connectivity index (χ0) is 28.6. The Morgan fingerprint density at radius 2 is 1.90 bits per heavy atom. The molecule has 0 bridgehead atoms. The third kappa shape index (κ3) is 5.30. The lowest BCUT2D eigenvalue weighted by molar-refractivity contribution is -0.137. The first kappa shape index (κ1) is 26.7. The smallest absolute Gasteiger partial charge is 0.416 e. The maximum Gasteiger partial charge on any atom is 0.416 e. The lowest BCUT2D eigenvalue weighted by Gasteiger charge is -2.25. The highest BCUT2D eigenvalue weighted by Crippen LogP contribution is 2.37. The molecule has 3 heterocycles. The first-order valence-corrected chi connectivity index (χ1v) is 12.2. The zero-order valence-corrected chi connectivity index (χ0v) is 21.0. The summed E-state index contributed by atoms with van der Waals surface area (Å²) in [4.78, 5) is 38.4. The van der Waals surface area contributed by atoms with Gasteiger partial charge in [0.05, 0.1) is 16.9 Å². The van der Waals surface area contributed by atoms with Gasteiger partial charge in [-0.15, -0.1) is 0 Å². The molecular weight excluding hydrogens is 529 g/mol. The Kier molecular flexibility index (Phi) is 6.88. The molecule has 2 amide bonds. The molecule has 1 fully saturated rings. The van der Waals surface area contributed by atoms with Crippen molar-refractivity contribution in [3.8, 4) is 22.9 Å². The summed E-state index contributed by atoms with van der Waals surface area (Å²) >= 11 is 0. The van der Waals surface area contributed by atoms with E-state index in [1.54, 1.807) is 31.2 Å². The molecule has 0 saturated carbocycles. The van der Waals surface area contributed by atoms with Crippen molar-refractivity contribution in [3.63, 3.8) is 0 Å². The van der Waals surface area contributed by atoms with Crippen LogP contribution in [-0.2, 0) is 11.0 Å². The van der Waals surface area contributed by atoms with E-state index < -0.39 is 35.8 Å². The molecule has 40 heavy (non-hydrogen) atoms. The number of rotatable bonds is 5. The summed E-state index contributed by atoms with van der Waals surface area (Å²) in [5, 5.41) is 12.8. The number of nitrogen functional groups attached to an aromatic ring is 1. The van der Waals surface area contributed by atoms with Gasteiger partial charge in [0.25, 0.3) is 0 Å². The van der Waals surface area contributed by atoms with Crippen molar-refractivity contribution in [2.24, 2.45) is 0 Å². The number of alkyl halides is 3. The summed E-state index contributed by atoms with van der Waals surface area (Å²) in [7, 11) is 0. The van der Waals surface area contributed by atoms with E-state index in [2.05, 4.69) is 20.3 Å². The Morgan fingerprint density at radius 1 is 1.10 bits per heavy atom. The predicted octanol–water partition coefficient (Wildman–Crippen LogP) is 5.55. The Balaban J connectivity index is 1.50. The van der Waals surface area contributed by atoms with Gasteiger partial charge in [0.15, 0.2) is 5.75 Å². The number of likely N-dealkylation sites (tertiary alicyclic amines) is 1. The van der Waals surface area contributed by atoms with Gasteiger partial charge in [-0.2, -0.15) is 13.2 Å². The van der Waals surface area contributed by atoms with Gasteiger partial charge < -0.3 is 20.9 Å². The number of carbonyl (C=O) groups excluding carboxylic acids is 1. The van der Waals surface area contributed by atoms with Crippen LogP contribution in [0.4, 0.5) is 29.5 Å². The number of pyridine rings is 1. The summed E-state index contributed by atoms with van der Waals surface area (Å²) in [5.74, 6) is -0.0347. The first-order valence-electron chi connectivity index (χ1n) is 12.2. The van der Waals surface area contributed by atoms with Crippen LogP contribution in [0.3, 0.4) is 0 Å². The van der Waals surface area contributed by atoms with Crippen LogP contribution in [-0.4, -0.2) is 49.0 Å². The van der Waals surface area contributed by atoms with E-state index in [9.17, 15) is 27.9 Å². The molecule has 2 unspecified atom stereocenters. The summed E-state index contributed by atoms with van der Waals surface area (Å²) in [5.41, 5.74) is 5.44. The third-order valence-corrected chi connectivity index (χ3v) is 6.63. The van der Waals surface area contributed by atoms with Crippen LogP contribution in [0.15, 0.2) is 60.9 Å². The highest BCUT2D eigenvalue weighted by Gasteiger charge is 2.39. The van der Waals surface area contributed by atoms with Gasteiger partial charge in [0.2, 0.25) is 11.8 Å². The van der Waals surface area contributed by atoms with E-state index in [-0.39, 0.29) is 35.1 Å². The van der Waals surface area contributed by atoms with E-state index in [1.807, 2.05) is 6.07 Å². The van der Waals surface area contributed by atoms with Crippen molar-refractivity contribution in [1.82, 2.24) is 19.9 Å². The van der Waals surface area contributed by atoms with Gasteiger partial charge in [0, 0.05) is 23.1 Å². The summed E-state index contributed by atoms with van der Waals surface area (Å²) in [6, 6.07) is 11.5. The molecule has 0 radical (unpaired) electrons. The standard InChI is InChI=1S/C27H23F3N6O4/c1-14-5-9-20(36(14)26(38)39)25(37)34-19-11-16(27(28,29)30)7-8-17(19)18-12-23(33-13-32-18)40-21-4-2-3-15-6-10-22(31)35-24(15)21/h2-4,6-8,10-14,20H,5,9H2,1H3,(H2,31,35)(H,34,37)(H,38,39). The van der Waals surface area contributed by atoms with Crippen molar-refractivity contribution in [1.29, 1.82) is 0 Å². The number of benzene rings is 2. The second kappa shape index (κ2) is 10.3. The molecule has 0 spiro atoms. The summed E-state index contributed by atoms with van der Waals surface area (Å²) in [6.07, 6.45) is -4.11. The Hall–Kier alpha value is -4.94. The number of nitrogens with zero attached hydrogens (tertiary/aromatic N) is 4. The summed E-state index contributed by atoms with van der Waals surface area (Å²) in [6.45, 7) is 1.67. The SMILES string of the molecule is CC1CCC(C(=O)Nc2cc(C(F)(F)F)ccc2-c2cc(Oc3cccc4ccc(N)nc34)ncn2)N1C(=O)O. The number of hydrogen-bond acceptors (Lipinski definition) is 7. The fraction of sp³-hybridized carbons (Fsp3) is 0.222. The number of halogens is 3. The second-order valence-electron chi connectivity index (χ2n) is 9.29. The van der Waals surface area contributed by atoms with Gasteiger partial charge in [-0.3, -0.25) is 9.69 Å². The van der Waals surface area contributed by atoms with Crippen LogP contribution < -0.4 is 15.8 Å². The molecule has 4 aromatic rings. The normalized spacial score (nSPS) is 17.1. The number of nitrogens with two attached hydrogens (primary N) is 1. The van der Waals surface area contributed by atoms with Gasteiger partial charge in [0.1, 0.15) is 23.7 Å². The number of aromatic nitrogens is 3. The molecule has 2 aromatic heterocycles. The van der Waals surface area contributed by atoms with Crippen molar-refractivity contribution in [2.45, 2.75) is 38.0 Å². The molecule has 1 aliphatic rings. The predicted molar refractivity (Wildman–Crippen MR) is 140 cm³/mol. The molecule has 2 aromatic carbocycles. The Labute approximate surface area is 225 Å². The molecule has 0 aliphatic carbocycles. The molecule has 13 heteroatoms. The molecule has 206 valence electrons. The van der Waals surface area contributed by atoms with E-state index >= 15 is 0 Å². The minimum absolute atomic E-state index is 0.0700. The van der Waals surface area contributed by atoms with Crippen LogP contribution in [0, 0.1) is 0 Å². The molecule has 10 nitrogen and oxygen atoms in total. The third-order valence-electron chi connectivity index (χ3n) is 6.63. The average Bonchev–Trinajstić information content (AvgIpc) is 3.30. The minimum atomic E-state index is -4.68. The number of nitrogens with one attached hydrogen (secondary N) is 1. The van der Waals surface area contributed by atoms with Gasteiger partial charge in [-0.25, -0.2) is 19.7 Å². The van der Waals surface area contributed by atoms with E-state index in [1.165, 1.54) is 18.5 Å². The lowest BCUT2D eigenvalue weighted by Crippen LogP contribution is -2.45. The molecule has 1 saturated heterocycles. The molecule has 5 rings (SSSR count). The lowest BCUT2D eigenvalue weighted by atomic mass is 10.0. The average molecular weight is 553 g/mol. The number of amides is 2. The topological polar surface area (TPSA) is 144 Å². The highest BCUT2D eigenvalue weighted by atomic mass is 19.4. The van der Waals surface area contributed by atoms with E-state index in [0.717, 1.165) is 22.4 Å². The largest absolute Gasteiger partial charge is 0.465 e. The fourth-order valence-corrected chi connectivity index (χ4v) is 4.70. The van der Waals surface area contributed by atoms with Crippen LogP contribution >= 0.6 is 0 Å². The number of para-hydroxylation sites is 1. The van der Waals surface area contributed by atoms with Crippen LogP contribution in [0.5, 0.6) is 11.6 Å². The Bertz CT molecular complexity index is 1610. The maximum absolute atomic E-state index is 13.6. The van der Waals surface area contributed by atoms with Crippen LogP contribution in [0.1, 0.15) is 25.3 Å². The van der Waals surface area contributed by atoms with Crippen molar-refractivity contribution in [3.05, 3.63) is 66.5 Å².